The molecule has 0 aliphatic heterocycles. The molecule has 3 rings (SSSR count). The summed E-state index contributed by atoms with van der Waals surface area (Å²) >= 11 is 12.1. The molecule has 1 aromatic heterocycles. The quantitative estimate of drug-likeness (QED) is 0.653. The molecule has 140 valence electrons. The summed E-state index contributed by atoms with van der Waals surface area (Å²) in [5.74, 6) is -2.06. The van der Waals surface area contributed by atoms with Crippen LogP contribution in [0.25, 0.3) is 11.1 Å². The molecule has 0 saturated carbocycles. The van der Waals surface area contributed by atoms with Crippen LogP contribution in [0.1, 0.15) is 5.56 Å². The minimum atomic E-state index is -0.764. The molecular weight excluding hydrogens is 395 g/mol. The second kappa shape index (κ2) is 7.85. The number of anilines is 1. The number of oxazole rings is 1. The molecule has 0 aliphatic rings. The lowest BCUT2D eigenvalue weighted by Gasteiger charge is -2.11. The van der Waals surface area contributed by atoms with E-state index in [1.165, 1.54) is 0 Å². The molecule has 27 heavy (non-hydrogen) atoms. The summed E-state index contributed by atoms with van der Waals surface area (Å²) in [6.45, 7) is 0.834. The maximum atomic E-state index is 12.0. The van der Waals surface area contributed by atoms with E-state index in [0.29, 0.717) is 16.1 Å². The molecule has 0 radical (unpaired) electrons. The van der Waals surface area contributed by atoms with Crippen molar-refractivity contribution >= 4 is 51.9 Å². The molecule has 1 N–H and O–H groups in total. The fourth-order valence-electron chi connectivity index (χ4n) is 2.43. The zero-order chi connectivity index (χ0) is 19.6. The number of esters is 1. The number of carbonyl (C=O) groups is 2. The van der Waals surface area contributed by atoms with Crippen LogP contribution in [0.5, 0.6) is 0 Å². The van der Waals surface area contributed by atoms with Gasteiger partial charge >= 0.3 is 11.7 Å². The van der Waals surface area contributed by atoms with E-state index in [0.717, 1.165) is 10.1 Å². The van der Waals surface area contributed by atoms with E-state index < -0.39 is 24.2 Å². The van der Waals surface area contributed by atoms with Crippen LogP contribution in [0.2, 0.25) is 10.0 Å². The van der Waals surface area contributed by atoms with Crippen molar-refractivity contribution in [3.63, 3.8) is 0 Å². The molecule has 1 amide bonds. The number of aromatic nitrogens is 1. The number of amides is 1. The maximum Gasteiger partial charge on any atom is 0.420 e. The molecule has 0 saturated heterocycles. The minimum Gasteiger partial charge on any atom is -0.454 e. The fraction of sp³-hybridized carbons (Fsp3) is 0.167. The lowest BCUT2D eigenvalue weighted by Crippen LogP contribution is -2.26. The van der Waals surface area contributed by atoms with Gasteiger partial charge in [-0.2, -0.15) is 0 Å². The van der Waals surface area contributed by atoms with Gasteiger partial charge in [0.2, 0.25) is 0 Å². The highest BCUT2D eigenvalue weighted by Gasteiger charge is 2.16. The number of ether oxygens (including phenoxy) is 1. The zero-order valence-electron chi connectivity index (χ0n) is 14.1. The first kappa shape index (κ1) is 19.0. The number of nitrogens with zero attached hydrogens (tertiary/aromatic N) is 1. The van der Waals surface area contributed by atoms with Crippen LogP contribution in [-0.2, 0) is 20.9 Å². The largest absolute Gasteiger partial charge is 0.454 e. The van der Waals surface area contributed by atoms with Crippen molar-refractivity contribution in [1.82, 2.24) is 4.57 Å². The smallest absolute Gasteiger partial charge is 0.420 e. The van der Waals surface area contributed by atoms with E-state index in [1.807, 2.05) is 0 Å². The third-order valence-electron chi connectivity index (χ3n) is 3.77. The summed E-state index contributed by atoms with van der Waals surface area (Å²) < 4.78 is 11.1. The Morgan fingerprint density at radius 2 is 1.93 bits per heavy atom. The molecular formula is C18H14Cl2N2O5. The molecule has 3 aromatic rings. The van der Waals surface area contributed by atoms with Gasteiger partial charge in [-0.15, -0.1) is 0 Å². The topological polar surface area (TPSA) is 90.5 Å². The fourth-order valence-corrected chi connectivity index (χ4v) is 2.90. The highest BCUT2D eigenvalue weighted by Crippen LogP contribution is 2.32. The van der Waals surface area contributed by atoms with Crippen molar-refractivity contribution in [2.75, 3.05) is 11.9 Å². The number of hydrogen-bond acceptors (Lipinski definition) is 5. The van der Waals surface area contributed by atoms with Crippen LogP contribution < -0.4 is 11.1 Å². The molecule has 9 heteroatoms. The number of nitrogens with one attached hydrogen (secondary N) is 1. The molecule has 0 unspecified atom stereocenters. The predicted octanol–water partition coefficient (Wildman–Crippen LogP) is 3.39. The standard InChI is InChI=1S/C18H14Cl2N2O5/c1-10-6-7-11(19)17(16(10)20)21-14(23)9-26-15(24)8-22-12-4-2-3-5-13(12)27-18(22)25/h2-7H,8-9H2,1H3,(H,21,23). The second-order valence-electron chi connectivity index (χ2n) is 5.68. The molecule has 0 fully saturated rings. The van der Waals surface area contributed by atoms with Gasteiger partial charge in [0.05, 0.1) is 21.2 Å². The highest BCUT2D eigenvalue weighted by molar-refractivity contribution is 6.40. The number of para-hydroxylation sites is 2. The number of hydrogen-bond donors (Lipinski definition) is 1. The van der Waals surface area contributed by atoms with Crippen LogP contribution in [0.4, 0.5) is 5.69 Å². The third kappa shape index (κ3) is 4.15. The zero-order valence-corrected chi connectivity index (χ0v) is 15.6. The van der Waals surface area contributed by atoms with E-state index in [4.69, 9.17) is 32.4 Å². The number of carbonyl (C=O) groups excluding carboxylic acids is 2. The van der Waals surface area contributed by atoms with E-state index in [2.05, 4.69) is 5.32 Å². The number of benzene rings is 2. The second-order valence-corrected chi connectivity index (χ2v) is 6.47. The molecule has 0 spiro atoms. The summed E-state index contributed by atoms with van der Waals surface area (Å²) in [6, 6.07) is 9.99. The van der Waals surface area contributed by atoms with Gasteiger partial charge in [0, 0.05) is 0 Å². The van der Waals surface area contributed by atoms with Crippen molar-refractivity contribution in [3.05, 3.63) is 62.6 Å². The Morgan fingerprint density at radius 3 is 2.70 bits per heavy atom. The molecule has 0 atom stereocenters. The number of fused-ring (bicyclic) bond motifs is 1. The average Bonchev–Trinajstić information content (AvgIpc) is 2.96. The Hall–Kier alpha value is -2.77. The molecule has 7 nitrogen and oxygen atoms in total. The van der Waals surface area contributed by atoms with Crippen LogP contribution in [0, 0.1) is 6.92 Å². The first-order chi connectivity index (χ1) is 12.9. The SMILES string of the molecule is Cc1ccc(Cl)c(NC(=O)COC(=O)Cn2c(=O)oc3ccccc32)c1Cl. The Bertz CT molecular complexity index is 1090. The minimum absolute atomic E-state index is 0.247. The summed E-state index contributed by atoms with van der Waals surface area (Å²) in [6.07, 6.45) is 0. The van der Waals surface area contributed by atoms with Crippen molar-refractivity contribution in [3.8, 4) is 0 Å². The van der Waals surface area contributed by atoms with E-state index in [-0.39, 0.29) is 17.3 Å². The van der Waals surface area contributed by atoms with Crippen LogP contribution in [0.15, 0.2) is 45.6 Å². The molecule has 0 bridgehead atoms. The molecule has 2 aromatic carbocycles. The Kier molecular flexibility index (Phi) is 5.53. The van der Waals surface area contributed by atoms with Gasteiger partial charge in [-0.05, 0) is 30.7 Å². The summed E-state index contributed by atoms with van der Waals surface area (Å²) in [5.41, 5.74) is 1.80. The highest BCUT2D eigenvalue weighted by atomic mass is 35.5. The third-order valence-corrected chi connectivity index (χ3v) is 4.58. The number of rotatable bonds is 5. The number of halogens is 2. The Balaban J connectivity index is 1.62. The summed E-state index contributed by atoms with van der Waals surface area (Å²) in [7, 11) is 0. The lowest BCUT2D eigenvalue weighted by molar-refractivity contribution is -0.147. The van der Waals surface area contributed by atoms with Crippen LogP contribution in [-0.4, -0.2) is 23.1 Å². The van der Waals surface area contributed by atoms with Crippen LogP contribution >= 0.6 is 23.2 Å². The first-order valence-electron chi connectivity index (χ1n) is 7.85. The van der Waals surface area contributed by atoms with Gasteiger partial charge in [0.25, 0.3) is 5.91 Å². The van der Waals surface area contributed by atoms with Gasteiger partial charge in [-0.25, -0.2) is 4.79 Å². The summed E-state index contributed by atoms with van der Waals surface area (Å²) in [5, 5.41) is 3.08. The summed E-state index contributed by atoms with van der Waals surface area (Å²) in [4.78, 5) is 35.9. The van der Waals surface area contributed by atoms with E-state index >= 15 is 0 Å². The van der Waals surface area contributed by atoms with Gasteiger partial charge in [0.1, 0.15) is 6.54 Å². The lowest BCUT2D eigenvalue weighted by atomic mass is 10.2. The number of aryl methyl sites for hydroxylation is 1. The normalized spacial score (nSPS) is 10.8. The Labute approximate surface area is 163 Å². The van der Waals surface area contributed by atoms with E-state index in [9.17, 15) is 14.4 Å². The van der Waals surface area contributed by atoms with Crippen LogP contribution in [0.3, 0.4) is 0 Å². The van der Waals surface area contributed by atoms with Crippen molar-refractivity contribution in [2.24, 2.45) is 0 Å². The maximum absolute atomic E-state index is 12.0. The average molecular weight is 409 g/mol. The molecule has 1 heterocycles. The van der Waals surface area contributed by atoms with E-state index in [1.54, 1.807) is 43.3 Å². The van der Waals surface area contributed by atoms with Crippen molar-refractivity contribution in [1.29, 1.82) is 0 Å². The monoisotopic (exact) mass is 408 g/mol. The van der Waals surface area contributed by atoms with Crippen molar-refractivity contribution < 1.29 is 18.7 Å². The van der Waals surface area contributed by atoms with Gasteiger partial charge < -0.3 is 14.5 Å². The Morgan fingerprint density at radius 1 is 1.19 bits per heavy atom. The van der Waals surface area contributed by atoms with Gasteiger partial charge in [0.15, 0.2) is 12.2 Å². The molecule has 0 aliphatic carbocycles. The van der Waals surface area contributed by atoms with Crippen molar-refractivity contribution in [2.45, 2.75) is 13.5 Å². The van der Waals surface area contributed by atoms with Gasteiger partial charge in [-0.3, -0.25) is 14.2 Å². The van der Waals surface area contributed by atoms with Gasteiger partial charge in [-0.1, -0.05) is 41.4 Å². The predicted molar refractivity (Wildman–Crippen MR) is 101 cm³/mol. The first-order valence-corrected chi connectivity index (χ1v) is 8.61.